The van der Waals surface area contributed by atoms with E-state index in [4.69, 9.17) is 37.7 Å². The van der Waals surface area contributed by atoms with Gasteiger partial charge in [0.15, 0.2) is 11.5 Å². The highest BCUT2D eigenvalue weighted by Gasteiger charge is 2.25. The fourth-order valence-electron chi connectivity index (χ4n) is 4.49. The maximum atomic E-state index is 6.31. The van der Waals surface area contributed by atoms with E-state index in [1.54, 1.807) is 0 Å². The van der Waals surface area contributed by atoms with Crippen LogP contribution in [0.15, 0.2) is 59.6 Å². The Labute approximate surface area is 202 Å². The average Bonchev–Trinajstić information content (AvgIpc) is 3.23. The Morgan fingerprint density at radius 1 is 0.848 bits per heavy atom. The largest absolute Gasteiger partial charge is 0.454 e. The Bertz CT molecular complexity index is 1260. The van der Waals surface area contributed by atoms with Crippen molar-refractivity contribution in [2.75, 3.05) is 38.3 Å². The van der Waals surface area contributed by atoms with Gasteiger partial charge in [-0.3, -0.25) is 4.90 Å². The van der Waals surface area contributed by atoms with Gasteiger partial charge in [0.1, 0.15) is 5.84 Å². The van der Waals surface area contributed by atoms with Crippen LogP contribution in [0.5, 0.6) is 11.5 Å². The van der Waals surface area contributed by atoms with Crippen molar-refractivity contribution in [3.05, 3.63) is 75.8 Å². The van der Waals surface area contributed by atoms with E-state index in [1.165, 1.54) is 5.56 Å². The number of nitrogens with one attached hydrogen (secondary N) is 1. The van der Waals surface area contributed by atoms with Gasteiger partial charge in [-0.1, -0.05) is 41.4 Å². The van der Waals surface area contributed by atoms with Crippen molar-refractivity contribution in [2.45, 2.75) is 6.54 Å². The summed E-state index contributed by atoms with van der Waals surface area (Å²) in [6.07, 6.45) is 0. The molecule has 168 valence electrons. The molecule has 0 amide bonds. The molecule has 0 atom stereocenters. The molecule has 0 aromatic heterocycles. The third-order valence-corrected chi connectivity index (χ3v) is 6.94. The first kappa shape index (κ1) is 20.7. The van der Waals surface area contributed by atoms with Crippen molar-refractivity contribution in [1.29, 1.82) is 0 Å². The zero-order chi connectivity index (χ0) is 22.4. The molecule has 3 aromatic carbocycles. The Morgan fingerprint density at radius 3 is 2.52 bits per heavy atom. The van der Waals surface area contributed by atoms with E-state index in [2.05, 4.69) is 39.4 Å². The molecule has 1 fully saturated rings. The second-order valence-corrected chi connectivity index (χ2v) is 9.15. The molecular weight excluding hydrogens is 459 g/mol. The molecule has 0 aliphatic carbocycles. The molecular formula is C25H22Cl2N4O2. The van der Waals surface area contributed by atoms with Crippen LogP contribution in [0, 0.1) is 0 Å². The third-order valence-electron chi connectivity index (χ3n) is 6.22. The van der Waals surface area contributed by atoms with Gasteiger partial charge in [-0.15, -0.1) is 0 Å². The molecule has 33 heavy (non-hydrogen) atoms. The molecule has 8 heteroatoms. The van der Waals surface area contributed by atoms with Crippen LogP contribution in [0.2, 0.25) is 10.0 Å². The minimum absolute atomic E-state index is 0.302. The lowest BCUT2D eigenvalue weighted by atomic mass is 10.1. The van der Waals surface area contributed by atoms with Gasteiger partial charge in [0.25, 0.3) is 0 Å². The quantitative estimate of drug-likeness (QED) is 0.511. The van der Waals surface area contributed by atoms with E-state index in [0.717, 1.165) is 72.7 Å². The van der Waals surface area contributed by atoms with Crippen LogP contribution in [-0.4, -0.2) is 48.6 Å². The molecule has 1 N–H and O–H groups in total. The highest BCUT2D eigenvalue weighted by Crippen LogP contribution is 2.40. The molecule has 1 saturated heterocycles. The van der Waals surface area contributed by atoms with Crippen LogP contribution >= 0.6 is 23.2 Å². The molecule has 6 rings (SSSR count). The molecule has 3 aliphatic rings. The lowest BCUT2D eigenvalue weighted by Gasteiger charge is -2.36. The molecule has 0 saturated carbocycles. The van der Waals surface area contributed by atoms with E-state index >= 15 is 0 Å². The van der Waals surface area contributed by atoms with Gasteiger partial charge in [-0.25, -0.2) is 4.99 Å². The van der Waals surface area contributed by atoms with Crippen LogP contribution in [0.25, 0.3) is 0 Å². The number of amidine groups is 1. The van der Waals surface area contributed by atoms with Gasteiger partial charge in [-0.2, -0.15) is 0 Å². The first-order valence-corrected chi connectivity index (χ1v) is 11.7. The van der Waals surface area contributed by atoms with Crippen molar-refractivity contribution in [3.63, 3.8) is 0 Å². The normalized spacial score (nSPS) is 17.0. The van der Waals surface area contributed by atoms with Gasteiger partial charge in [0, 0.05) is 44.0 Å². The number of piperazine rings is 1. The minimum Gasteiger partial charge on any atom is -0.454 e. The van der Waals surface area contributed by atoms with Crippen molar-refractivity contribution in [3.8, 4) is 11.5 Å². The molecule has 3 aliphatic heterocycles. The average molecular weight is 481 g/mol. The summed E-state index contributed by atoms with van der Waals surface area (Å²) in [5, 5.41) is 4.50. The zero-order valence-corrected chi connectivity index (χ0v) is 19.4. The second-order valence-electron chi connectivity index (χ2n) is 8.34. The first-order valence-electron chi connectivity index (χ1n) is 10.9. The van der Waals surface area contributed by atoms with E-state index in [9.17, 15) is 0 Å². The molecule has 3 aromatic rings. The lowest BCUT2D eigenvalue weighted by Crippen LogP contribution is -2.48. The molecule has 0 radical (unpaired) electrons. The van der Waals surface area contributed by atoms with Crippen LogP contribution < -0.4 is 14.8 Å². The number of anilines is 2. The van der Waals surface area contributed by atoms with Crippen molar-refractivity contribution in [2.24, 2.45) is 4.99 Å². The predicted molar refractivity (Wildman–Crippen MR) is 132 cm³/mol. The number of rotatable bonds is 2. The summed E-state index contributed by atoms with van der Waals surface area (Å²) in [5.74, 6) is 2.61. The number of hydrogen-bond acceptors (Lipinski definition) is 6. The Morgan fingerprint density at radius 2 is 1.64 bits per heavy atom. The van der Waals surface area contributed by atoms with Crippen molar-refractivity contribution >= 4 is 46.1 Å². The predicted octanol–water partition coefficient (Wildman–Crippen LogP) is 5.68. The number of ether oxygens (including phenoxy) is 2. The summed E-state index contributed by atoms with van der Waals surface area (Å²) in [6, 6.07) is 18.1. The fourth-order valence-corrected chi connectivity index (χ4v) is 4.81. The summed E-state index contributed by atoms with van der Waals surface area (Å²) in [7, 11) is 0. The molecule has 6 nitrogen and oxygen atoms in total. The highest BCUT2D eigenvalue weighted by molar-refractivity contribution is 6.42. The molecule has 0 unspecified atom stereocenters. The van der Waals surface area contributed by atoms with E-state index < -0.39 is 0 Å². The monoisotopic (exact) mass is 480 g/mol. The minimum atomic E-state index is 0.302. The SMILES string of the molecule is Clc1cc2c(cc1Cl)Nc1ccccc1C(N1CCN(Cc3ccc4c(c3)OCO4)CC1)=N2. The standard InChI is InChI=1S/C25H22Cl2N4O2/c26-18-12-21-22(13-19(18)27)29-25(17-3-1-2-4-20(17)28-21)31-9-7-30(8-10-31)14-16-5-6-23-24(11-16)33-15-32-23/h1-6,11-13,28H,7-10,14-15H2. The maximum Gasteiger partial charge on any atom is 0.231 e. The number of halogens is 2. The Hall–Kier alpha value is -2.93. The molecule has 3 heterocycles. The summed E-state index contributed by atoms with van der Waals surface area (Å²) in [5.41, 5.74) is 4.96. The summed E-state index contributed by atoms with van der Waals surface area (Å²) in [4.78, 5) is 9.86. The maximum absolute atomic E-state index is 6.31. The van der Waals surface area contributed by atoms with Crippen molar-refractivity contribution < 1.29 is 9.47 Å². The number of hydrogen-bond donors (Lipinski definition) is 1. The van der Waals surface area contributed by atoms with E-state index in [-0.39, 0.29) is 0 Å². The topological polar surface area (TPSA) is 49.3 Å². The Kier molecular flexibility index (Phi) is 5.29. The number of fused-ring (bicyclic) bond motifs is 3. The van der Waals surface area contributed by atoms with Gasteiger partial charge < -0.3 is 19.7 Å². The zero-order valence-electron chi connectivity index (χ0n) is 17.9. The number of benzene rings is 3. The van der Waals surface area contributed by atoms with Crippen LogP contribution in [0.1, 0.15) is 11.1 Å². The summed E-state index contributed by atoms with van der Waals surface area (Å²) < 4.78 is 11.0. The molecule has 0 spiro atoms. The van der Waals surface area contributed by atoms with Gasteiger partial charge in [-0.05, 0) is 42.0 Å². The number of nitrogens with zero attached hydrogens (tertiary/aromatic N) is 3. The van der Waals surface area contributed by atoms with Gasteiger partial charge in [0.05, 0.1) is 21.4 Å². The highest BCUT2D eigenvalue weighted by atomic mass is 35.5. The lowest BCUT2D eigenvalue weighted by molar-refractivity contribution is 0.172. The summed E-state index contributed by atoms with van der Waals surface area (Å²) >= 11 is 12.6. The van der Waals surface area contributed by atoms with Crippen molar-refractivity contribution in [1.82, 2.24) is 9.80 Å². The number of aliphatic imine (C=N–C) groups is 1. The Balaban J connectivity index is 1.23. The fraction of sp³-hybridized carbons (Fsp3) is 0.240. The third kappa shape index (κ3) is 3.99. The van der Waals surface area contributed by atoms with Gasteiger partial charge >= 0.3 is 0 Å². The van der Waals surface area contributed by atoms with Crippen LogP contribution in [-0.2, 0) is 6.54 Å². The van der Waals surface area contributed by atoms with E-state index in [1.807, 2.05) is 30.3 Å². The first-order chi connectivity index (χ1) is 16.1. The summed E-state index contributed by atoms with van der Waals surface area (Å²) in [6.45, 7) is 4.83. The number of para-hydroxylation sites is 1. The smallest absolute Gasteiger partial charge is 0.231 e. The van der Waals surface area contributed by atoms with E-state index in [0.29, 0.717) is 16.8 Å². The molecule has 0 bridgehead atoms. The second kappa shape index (κ2) is 8.45. The van der Waals surface area contributed by atoms with Gasteiger partial charge in [0.2, 0.25) is 6.79 Å². The van der Waals surface area contributed by atoms with Crippen LogP contribution in [0.4, 0.5) is 17.1 Å². The van der Waals surface area contributed by atoms with Crippen LogP contribution in [0.3, 0.4) is 0 Å².